The highest BCUT2D eigenvalue weighted by molar-refractivity contribution is 5.39. The van der Waals surface area contributed by atoms with Crippen molar-refractivity contribution in [2.24, 2.45) is 5.73 Å². The van der Waals surface area contributed by atoms with E-state index in [0.717, 1.165) is 30.0 Å². The van der Waals surface area contributed by atoms with Gasteiger partial charge in [-0.3, -0.25) is 4.40 Å². The van der Waals surface area contributed by atoms with E-state index in [0.29, 0.717) is 6.54 Å². The van der Waals surface area contributed by atoms with E-state index in [4.69, 9.17) is 5.73 Å². The number of fused-ring (bicyclic) bond motifs is 1. The van der Waals surface area contributed by atoms with Crippen molar-refractivity contribution in [3.63, 3.8) is 0 Å². The van der Waals surface area contributed by atoms with Crippen molar-refractivity contribution < 1.29 is 0 Å². The zero-order chi connectivity index (χ0) is 11.5. The standard InChI is InChI=1S/C11H17N5/c1-15(2)6-5-11-14-13-10-4-3-9(7-12)8-16(10)11/h3-4,8H,5-7,12H2,1-2H3. The third-order valence-corrected chi connectivity index (χ3v) is 2.55. The highest BCUT2D eigenvalue weighted by Gasteiger charge is 2.05. The van der Waals surface area contributed by atoms with E-state index in [9.17, 15) is 0 Å². The van der Waals surface area contributed by atoms with Crippen molar-refractivity contribution >= 4 is 5.65 Å². The van der Waals surface area contributed by atoms with Crippen molar-refractivity contribution in [3.05, 3.63) is 29.7 Å². The molecule has 0 saturated carbocycles. The minimum absolute atomic E-state index is 0.543. The van der Waals surface area contributed by atoms with Gasteiger partial charge in [0.2, 0.25) is 0 Å². The van der Waals surface area contributed by atoms with Gasteiger partial charge in [0.1, 0.15) is 5.82 Å². The van der Waals surface area contributed by atoms with Gasteiger partial charge in [-0.05, 0) is 25.7 Å². The van der Waals surface area contributed by atoms with Gasteiger partial charge in [-0.1, -0.05) is 6.07 Å². The van der Waals surface area contributed by atoms with E-state index in [1.165, 1.54) is 0 Å². The van der Waals surface area contributed by atoms with Crippen LogP contribution in [-0.2, 0) is 13.0 Å². The van der Waals surface area contributed by atoms with Crippen molar-refractivity contribution in [2.75, 3.05) is 20.6 Å². The molecule has 0 spiro atoms. The van der Waals surface area contributed by atoms with E-state index in [2.05, 4.69) is 29.2 Å². The Morgan fingerprint density at radius 2 is 2.12 bits per heavy atom. The van der Waals surface area contributed by atoms with Gasteiger partial charge in [0.15, 0.2) is 5.65 Å². The smallest absolute Gasteiger partial charge is 0.160 e. The van der Waals surface area contributed by atoms with Gasteiger partial charge in [-0.25, -0.2) is 0 Å². The lowest BCUT2D eigenvalue weighted by molar-refractivity contribution is 0.409. The zero-order valence-electron chi connectivity index (χ0n) is 9.72. The van der Waals surface area contributed by atoms with Crippen LogP contribution in [0, 0.1) is 0 Å². The molecule has 0 aliphatic rings. The molecule has 0 aromatic carbocycles. The van der Waals surface area contributed by atoms with Gasteiger partial charge in [0, 0.05) is 25.7 Å². The van der Waals surface area contributed by atoms with Crippen LogP contribution in [0.25, 0.3) is 5.65 Å². The molecule has 0 amide bonds. The van der Waals surface area contributed by atoms with E-state index in [-0.39, 0.29) is 0 Å². The Morgan fingerprint density at radius 1 is 1.31 bits per heavy atom. The number of rotatable bonds is 4. The molecule has 0 bridgehead atoms. The molecule has 0 saturated heterocycles. The summed E-state index contributed by atoms with van der Waals surface area (Å²) < 4.78 is 2.02. The average Bonchev–Trinajstić information content (AvgIpc) is 2.68. The molecule has 0 radical (unpaired) electrons. The van der Waals surface area contributed by atoms with Crippen LogP contribution in [0.2, 0.25) is 0 Å². The molecule has 0 fully saturated rings. The number of aromatic nitrogens is 3. The van der Waals surface area contributed by atoms with Crippen LogP contribution in [-0.4, -0.2) is 40.1 Å². The molecule has 0 aliphatic heterocycles. The minimum Gasteiger partial charge on any atom is -0.326 e. The molecule has 0 aliphatic carbocycles. The largest absolute Gasteiger partial charge is 0.326 e. The van der Waals surface area contributed by atoms with Crippen LogP contribution >= 0.6 is 0 Å². The van der Waals surface area contributed by atoms with Crippen LogP contribution < -0.4 is 5.73 Å². The summed E-state index contributed by atoms with van der Waals surface area (Å²) in [6.07, 6.45) is 2.91. The van der Waals surface area contributed by atoms with Crippen LogP contribution in [0.15, 0.2) is 18.3 Å². The summed E-state index contributed by atoms with van der Waals surface area (Å²) in [6.45, 7) is 1.51. The van der Waals surface area contributed by atoms with E-state index in [1.807, 2.05) is 22.7 Å². The van der Waals surface area contributed by atoms with Gasteiger partial charge in [0.05, 0.1) is 0 Å². The summed E-state index contributed by atoms with van der Waals surface area (Å²) >= 11 is 0. The van der Waals surface area contributed by atoms with E-state index >= 15 is 0 Å². The number of hydrogen-bond donors (Lipinski definition) is 1. The fourth-order valence-electron chi connectivity index (χ4n) is 1.60. The molecule has 5 heteroatoms. The fourth-order valence-corrected chi connectivity index (χ4v) is 1.60. The van der Waals surface area contributed by atoms with Gasteiger partial charge in [0.25, 0.3) is 0 Å². The summed E-state index contributed by atoms with van der Waals surface area (Å²) in [5.41, 5.74) is 7.60. The maximum absolute atomic E-state index is 5.62. The number of nitrogens with zero attached hydrogens (tertiary/aromatic N) is 4. The molecular formula is C11H17N5. The Balaban J connectivity index is 2.30. The van der Waals surface area contributed by atoms with Crippen molar-refractivity contribution in [2.45, 2.75) is 13.0 Å². The number of likely N-dealkylation sites (N-methyl/N-ethyl adjacent to an activating group) is 1. The lowest BCUT2D eigenvalue weighted by Gasteiger charge is -2.08. The molecule has 2 aromatic heterocycles. The molecule has 2 aromatic rings. The highest BCUT2D eigenvalue weighted by Crippen LogP contribution is 2.07. The van der Waals surface area contributed by atoms with Crippen LogP contribution in [0.3, 0.4) is 0 Å². The van der Waals surface area contributed by atoms with Crippen molar-refractivity contribution in [1.29, 1.82) is 0 Å². The summed E-state index contributed by atoms with van der Waals surface area (Å²) in [6, 6.07) is 3.94. The van der Waals surface area contributed by atoms with Crippen LogP contribution in [0.4, 0.5) is 0 Å². The molecule has 16 heavy (non-hydrogen) atoms. The quantitative estimate of drug-likeness (QED) is 0.803. The molecule has 2 heterocycles. The Labute approximate surface area is 94.9 Å². The maximum Gasteiger partial charge on any atom is 0.160 e. The Bertz CT molecular complexity index is 474. The monoisotopic (exact) mass is 219 g/mol. The molecule has 2 rings (SSSR count). The first kappa shape index (κ1) is 11.0. The third kappa shape index (κ3) is 2.20. The van der Waals surface area contributed by atoms with Crippen molar-refractivity contribution in [1.82, 2.24) is 19.5 Å². The fraction of sp³-hybridized carbons (Fsp3) is 0.455. The second-order valence-electron chi connectivity index (χ2n) is 4.14. The van der Waals surface area contributed by atoms with Crippen LogP contribution in [0.5, 0.6) is 0 Å². The molecule has 5 nitrogen and oxygen atoms in total. The van der Waals surface area contributed by atoms with Gasteiger partial charge in [-0.15, -0.1) is 10.2 Å². The first-order valence-corrected chi connectivity index (χ1v) is 5.38. The lowest BCUT2D eigenvalue weighted by atomic mass is 10.3. The van der Waals surface area contributed by atoms with E-state index < -0.39 is 0 Å². The van der Waals surface area contributed by atoms with E-state index in [1.54, 1.807) is 0 Å². The summed E-state index contributed by atoms with van der Waals surface area (Å²) in [5, 5.41) is 8.31. The molecular weight excluding hydrogens is 202 g/mol. The topological polar surface area (TPSA) is 59.5 Å². The predicted octanol–water partition coefficient (Wildman–Crippen LogP) is 0.292. The normalized spacial score (nSPS) is 11.5. The minimum atomic E-state index is 0.543. The third-order valence-electron chi connectivity index (χ3n) is 2.55. The molecule has 2 N–H and O–H groups in total. The van der Waals surface area contributed by atoms with Gasteiger partial charge >= 0.3 is 0 Å². The van der Waals surface area contributed by atoms with Gasteiger partial charge in [-0.2, -0.15) is 0 Å². The highest BCUT2D eigenvalue weighted by atomic mass is 15.2. The second kappa shape index (κ2) is 4.59. The first-order valence-electron chi connectivity index (χ1n) is 5.38. The zero-order valence-corrected chi connectivity index (χ0v) is 9.72. The molecule has 0 atom stereocenters. The number of nitrogens with two attached hydrogens (primary N) is 1. The Morgan fingerprint density at radius 3 is 2.81 bits per heavy atom. The Hall–Kier alpha value is -1.46. The average molecular weight is 219 g/mol. The lowest BCUT2D eigenvalue weighted by Crippen LogP contribution is -2.16. The van der Waals surface area contributed by atoms with Crippen LogP contribution in [0.1, 0.15) is 11.4 Å². The SMILES string of the molecule is CN(C)CCc1nnc2ccc(CN)cn12. The summed E-state index contributed by atoms with van der Waals surface area (Å²) in [7, 11) is 4.10. The number of pyridine rings is 1. The number of hydrogen-bond acceptors (Lipinski definition) is 4. The summed E-state index contributed by atoms with van der Waals surface area (Å²) in [5.74, 6) is 0.985. The first-order chi connectivity index (χ1) is 7.70. The maximum atomic E-state index is 5.62. The second-order valence-corrected chi connectivity index (χ2v) is 4.14. The molecule has 0 unspecified atom stereocenters. The van der Waals surface area contributed by atoms with Crippen molar-refractivity contribution in [3.8, 4) is 0 Å². The molecule has 86 valence electrons. The summed E-state index contributed by atoms with van der Waals surface area (Å²) in [4.78, 5) is 2.13. The predicted molar refractivity (Wildman–Crippen MR) is 63.1 cm³/mol. The van der Waals surface area contributed by atoms with Gasteiger partial charge < -0.3 is 10.6 Å². The Kier molecular flexibility index (Phi) is 3.17.